The van der Waals surface area contributed by atoms with Crippen molar-refractivity contribution in [1.82, 2.24) is 0 Å². The lowest BCUT2D eigenvalue weighted by Crippen LogP contribution is -2.52. The molecule has 17 heavy (non-hydrogen) atoms. The van der Waals surface area contributed by atoms with E-state index in [0.717, 1.165) is 25.7 Å². The maximum absolute atomic E-state index is 11.6. The quantitative estimate of drug-likeness (QED) is 0.710. The van der Waals surface area contributed by atoms with Crippen LogP contribution in [0.25, 0.3) is 0 Å². The molecule has 1 spiro atoms. The fourth-order valence-corrected chi connectivity index (χ4v) is 3.86. The van der Waals surface area contributed by atoms with Crippen molar-refractivity contribution in [2.75, 3.05) is 0 Å². The predicted octanol–water partition coefficient (Wildman–Crippen LogP) is 3.10. The van der Waals surface area contributed by atoms with Crippen LogP contribution in [0.1, 0.15) is 53.4 Å². The van der Waals surface area contributed by atoms with E-state index in [1.807, 2.05) is 6.92 Å². The molecule has 0 aromatic carbocycles. The van der Waals surface area contributed by atoms with Crippen molar-refractivity contribution in [3.05, 3.63) is 11.6 Å². The van der Waals surface area contributed by atoms with Crippen LogP contribution in [0.3, 0.4) is 0 Å². The number of hydrogen-bond donors (Lipinski definition) is 1. The minimum absolute atomic E-state index is 0.148. The van der Waals surface area contributed by atoms with Gasteiger partial charge < -0.3 is 5.11 Å². The number of rotatable bonds is 1. The third kappa shape index (κ3) is 1.69. The number of allylic oxidation sites excluding steroid dienone is 1. The first kappa shape index (κ1) is 12.8. The van der Waals surface area contributed by atoms with Gasteiger partial charge in [0.25, 0.3) is 0 Å². The van der Waals surface area contributed by atoms with E-state index in [1.54, 1.807) is 6.92 Å². The maximum atomic E-state index is 11.6. The summed E-state index contributed by atoms with van der Waals surface area (Å²) in [7, 11) is 0. The lowest BCUT2D eigenvalue weighted by molar-refractivity contribution is -0.122. The van der Waals surface area contributed by atoms with Gasteiger partial charge in [-0.05, 0) is 52.4 Å². The summed E-state index contributed by atoms with van der Waals surface area (Å²) < 4.78 is 0. The van der Waals surface area contributed by atoms with Crippen molar-refractivity contribution in [3.63, 3.8) is 0 Å². The molecule has 2 aliphatic rings. The van der Waals surface area contributed by atoms with Crippen LogP contribution in [-0.2, 0) is 4.79 Å². The molecule has 0 saturated heterocycles. The highest BCUT2D eigenvalue weighted by Gasteiger charge is 2.56. The van der Waals surface area contributed by atoms with Gasteiger partial charge in [0, 0.05) is 11.3 Å². The summed E-state index contributed by atoms with van der Waals surface area (Å²) in [5, 5.41) is 10.9. The molecule has 1 N–H and O–H groups in total. The Morgan fingerprint density at radius 3 is 2.71 bits per heavy atom. The van der Waals surface area contributed by atoms with Gasteiger partial charge in [-0.15, -0.1) is 0 Å². The summed E-state index contributed by atoms with van der Waals surface area (Å²) in [6.07, 6.45) is 5.94. The molecule has 2 rings (SSSR count). The Kier molecular flexibility index (Phi) is 2.97. The van der Waals surface area contributed by atoms with Crippen LogP contribution in [-0.4, -0.2) is 16.5 Å². The third-order valence-electron chi connectivity index (χ3n) is 5.55. The number of hydrogen-bond acceptors (Lipinski definition) is 2. The molecule has 2 nitrogen and oxygen atoms in total. The van der Waals surface area contributed by atoms with Crippen LogP contribution in [0.4, 0.5) is 0 Å². The molecule has 2 heteroatoms. The molecular formula is C15H24O2. The molecule has 0 amide bonds. The summed E-state index contributed by atoms with van der Waals surface area (Å²) in [5.74, 6) is 0.704. The topological polar surface area (TPSA) is 37.3 Å². The van der Waals surface area contributed by atoms with Crippen molar-refractivity contribution in [1.29, 1.82) is 0 Å². The second-order valence-corrected chi connectivity index (χ2v) is 6.30. The lowest BCUT2D eigenvalue weighted by atomic mass is 9.58. The summed E-state index contributed by atoms with van der Waals surface area (Å²) in [6, 6.07) is 0. The SMILES string of the molecule is CC(=O)C1CCC2(C1)C(C)=CCC(C)C2(C)O. The average Bonchev–Trinajstić information content (AvgIpc) is 2.69. The largest absolute Gasteiger partial charge is 0.389 e. The van der Waals surface area contributed by atoms with E-state index in [-0.39, 0.29) is 23.0 Å². The Morgan fingerprint density at radius 1 is 1.53 bits per heavy atom. The molecule has 1 fully saturated rings. The Hall–Kier alpha value is -0.630. The zero-order valence-electron chi connectivity index (χ0n) is 11.4. The van der Waals surface area contributed by atoms with Crippen LogP contribution in [0.15, 0.2) is 11.6 Å². The Balaban J connectivity index is 2.38. The second-order valence-electron chi connectivity index (χ2n) is 6.30. The molecule has 0 radical (unpaired) electrons. The third-order valence-corrected chi connectivity index (χ3v) is 5.55. The monoisotopic (exact) mass is 236 g/mol. The normalized spacial score (nSPS) is 46.1. The van der Waals surface area contributed by atoms with Crippen LogP contribution >= 0.6 is 0 Å². The molecular weight excluding hydrogens is 212 g/mol. The van der Waals surface area contributed by atoms with Crippen molar-refractivity contribution in [2.45, 2.75) is 59.0 Å². The van der Waals surface area contributed by atoms with Crippen molar-refractivity contribution < 1.29 is 9.90 Å². The second kappa shape index (κ2) is 3.94. The summed E-state index contributed by atoms with van der Waals surface area (Å²) >= 11 is 0. The molecule has 0 heterocycles. The predicted molar refractivity (Wildman–Crippen MR) is 68.6 cm³/mol. The fourth-order valence-electron chi connectivity index (χ4n) is 3.86. The van der Waals surface area contributed by atoms with Gasteiger partial charge >= 0.3 is 0 Å². The Bertz CT molecular complexity index is 367. The van der Waals surface area contributed by atoms with E-state index >= 15 is 0 Å². The number of carbonyl (C=O) groups excluding carboxylic acids is 1. The molecule has 0 aromatic rings. The first-order valence-electron chi connectivity index (χ1n) is 6.71. The van der Waals surface area contributed by atoms with Crippen molar-refractivity contribution in [2.24, 2.45) is 17.3 Å². The van der Waals surface area contributed by atoms with E-state index in [2.05, 4.69) is 19.9 Å². The van der Waals surface area contributed by atoms with Gasteiger partial charge in [-0.1, -0.05) is 18.6 Å². The highest BCUT2D eigenvalue weighted by Crippen LogP contribution is 2.58. The molecule has 0 aromatic heterocycles. The number of ketones is 1. The number of aliphatic hydroxyl groups is 1. The molecule has 0 bridgehead atoms. The van der Waals surface area contributed by atoms with Gasteiger partial charge in [0.2, 0.25) is 0 Å². The molecule has 0 aliphatic heterocycles. The van der Waals surface area contributed by atoms with Crippen LogP contribution < -0.4 is 0 Å². The minimum Gasteiger partial charge on any atom is -0.389 e. The van der Waals surface area contributed by atoms with Gasteiger partial charge in [-0.25, -0.2) is 0 Å². The molecule has 2 aliphatic carbocycles. The van der Waals surface area contributed by atoms with Crippen LogP contribution in [0.5, 0.6) is 0 Å². The van der Waals surface area contributed by atoms with Crippen molar-refractivity contribution in [3.8, 4) is 0 Å². The van der Waals surface area contributed by atoms with Gasteiger partial charge in [0.05, 0.1) is 5.60 Å². The van der Waals surface area contributed by atoms with E-state index in [4.69, 9.17) is 0 Å². The summed E-state index contributed by atoms with van der Waals surface area (Å²) in [5.41, 5.74) is 0.473. The van der Waals surface area contributed by atoms with E-state index in [0.29, 0.717) is 0 Å². The maximum Gasteiger partial charge on any atom is 0.132 e. The first-order chi connectivity index (χ1) is 7.81. The van der Waals surface area contributed by atoms with E-state index < -0.39 is 5.60 Å². The highest BCUT2D eigenvalue weighted by atomic mass is 16.3. The van der Waals surface area contributed by atoms with Gasteiger partial charge in [-0.2, -0.15) is 0 Å². The Labute approximate surface area is 104 Å². The van der Waals surface area contributed by atoms with Gasteiger partial charge in [0.1, 0.15) is 5.78 Å². The van der Waals surface area contributed by atoms with E-state index in [1.165, 1.54) is 5.57 Å². The van der Waals surface area contributed by atoms with Crippen LogP contribution in [0, 0.1) is 17.3 Å². The van der Waals surface area contributed by atoms with Crippen molar-refractivity contribution >= 4 is 5.78 Å². The van der Waals surface area contributed by atoms with Gasteiger partial charge in [-0.3, -0.25) is 4.79 Å². The lowest BCUT2D eigenvalue weighted by Gasteiger charge is -2.50. The summed E-state index contributed by atoms with van der Waals surface area (Å²) in [6.45, 7) is 7.90. The highest BCUT2D eigenvalue weighted by molar-refractivity contribution is 5.78. The number of Topliss-reactive ketones (excluding diaryl/α,β-unsaturated/α-hetero) is 1. The summed E-state index contributed by atoms with van der Waals surface area (Å²) in [4.78, 5) is 11.6. The number of carbonyl (C=O) groups is 1. The average molecular weight is 236 g/mol. The van der Waals surface area contributed by atoms with Crippen LogP contribution in [0.2, 0.25) is 0 Å². The fraction of sp³-hybridized carbons (Fsp3) is 0.800. The first-order valence-corrected chi connectivity index (χ1v) is 6.71. The zero-order chi connectivity index (χ0) is 12.8. The molecule has 4 unspecified atom stereocenters. The van der Waals surface area contributed by atoms with E-state index in [9.17, 15) is 9.90 Å². The minimum atomic E-state index is -0.671. The molecule has 4 atom stereocenters. The Morgan fingerprint density at radius 2 is 2.18 bits per heavy atom. The molecule has 1 saturated carbocycles. The van der Waals surface area contributed by atoms with Gasteiger partial charge in [0.15, 0.2) is 0 Å². The smallest absolute Gasteiger partial charge is 0.132 e. The molecule has 96 valence electrons. The zero-order valence-corrected chi connectivity index (χ0v) is 11.4. The standard InChI is InChI=1S/C15H24O2/c1-10-5-6-11(2)15(14(10,4)17)8-7-13(9-15)12(3)16/h6,10,13,17H,5,7-9H2,1-4H3.